The molecule has 0 aliphatic rings. The van der Waals surface area contributed by atoms with E-state index in [4.69, 9.17) is 9.84 Å². The average molecular weight is 267 g/mol. The number of carboxylic acids is 1. The number of carboxylic acid groups (broad SMARTS) is 1. The number of aliphatic hydroxyl groups is 1. The zero-order valence-electron chi connectivity index (χ0n) is 11.8. The van der Waals surface area contributed by atoms with Crippen LogP contribution in [0, 0.1) is 13.8 Å². The second-order valence-corrected chi connectivity index (χ2v) is 4.75. The van der Waals surface area contributed by atoms with Gasteiger partial charge in [-0.1, -0.05) is 0 Å². The zero-order chi connectivity index (χ0) is 14.6. The van der Waals surface area contributed by atoms with Gasteiger partial charge < -0.3 is 19.8 Å². The fourth-order valence-electron chi connectivity index (χ4n) is 2.16. The summed E-state index contributed by atoms with van der Waals surface area (Å²) in [6.45, 7) is 4.19. The Labute approximate surface area is 113 Å². The molecular formula is C14H21NO4. The Morgan fingerprint density at radius 1 is 1.37 bits per heavy atom. The number of anilines is 1. The minimum atomic E-state index is -0.997. The molecule has 2 N–H and O–H groups in total. The maximum absolute atomic E-state index is 10.5. The van der Waals surface area contributed by atoms with E-state index in [1.165, 1.54) is 0 Å². The van der Waals surface area contributed by atoms with Crippen LogP contribution in [0.3, 0.4) is 0 Å². The van der Waals surface area contributed by atoms with Crippen molar-refractivity contribution in [2.45, 2.75) is 26.4 Å². The molecule has 0 aromatic heterocycles. The van der Waals surface area contributed by atoms with Crippen LogP contribution in [-0.2, 0) is 4.79 Å². The van der Waals surface area contributed by atoms with E-state index in [0.29, 0.717) is 0 Å². The lowest BCUT2D eigenvalue weighted by atomic mass is 10.1. The summed E-state index contributed by atoms with van der Waals surface area (Å²) in [7, 11) is 3.46. The summed E-state index contributed by atoms with van der Waals surface area (Å²) in [5.74, 6) is -0.147. The van der Waals surface area contributed by atoms with Crippen molar-refractivity contribution in [1.82, 2.24) is 0 Å². The number of aliphatic carboxylic acids is 1. The van der Waals surface area contributed by atoms with Crippen molar-refractivity contribution < 1.29 is 19.7 Å². The number of aliphatic hydroxyl groups excluding tert-OH is 1. The van der Waals surface area contributed by atoms with Gasteiger partial charge in [0.25, 0.3) is 0 Å². The van der Waals surface area contributed by atoms with E-state index in [1.54, 1.807) is 7.11 Å². The summed E-state index contributed by atoms with van der Waals surface area (Å²) in [5, 5.41) is 18.3. The van der Waals surface area contributed by atoms with Crippen LogP contribution >= 0.6 is 0 Å². The molecule has 0 radical (unpaired) electrons. The largest absolute Gasteiger partial charge is 0.496 e. The molecule has 19 heavy (non-hydrogen) atoms. The number of benzene rings is 1. The fraction of sp³-hybridized carbons (Fsp3) is 0.500. The molecule has 5 nitrogen and oxygen atoms in total. The Bertz CT molecular complexity index is 436. The molecule has 5 heteroatoms. The fourth-order valence-corrected chi connectivity index (χ4v) is 2.16. The Morgan fingerprint density at radius 2 is 1.89 bits per heavy atom. The van der Waals surface area contributed by atoms with E-state index in [-0.39, 0.29) is 13.0 Å². The van der Waals surface area contributed by atoms with Crippen molar-refractivity contribution in [3.8, 4) is 5.75 Å². The van der Waals surface area contributed by atoms with Crippen LogP contribution in [0.5, 0.6) is 5.75 Å². The third kappa shape index (κ3) is 4.13. The number of nitrogens with zero attached hydrogens (tertiary/aromatic N) is 1. The second kappa shape index (κ2) is 6.43. The maximum atomic E-state index is 10.5. The van der Waals surface area contributed by atoms with Gasteiger partial charge in [0.05, 0.1) is 19.6 Å². The summed E-state index contributed by atoms with van der Waals surface area (Å²) < 4.78 is 5.30. The van der Waals surface area contributed by atoms with Gasteiger partial charge in [0.1, 0.15) is 5.75 Å². The van der Waals surface area contributed by atoms with Gasteiger partial charge in [0, 0.05) is 19.3 Å². The number of likely N-dealkylation sites (N-methyl/N-ethyl adjacent to an activating group) is 1. The van der Waals surface area contributed by atoms with Crippen LogP contribution in [0.4, 0.5) is 5.69 Å². The van der Waals surface area contributed by atoms with Crippen molar-refractivity contribution in [2.75, 3.05) is 25.6 Å². The summed E-state index contributed by atoms with van der Waals surface area (Å²) in [6.07, 6.45) is -1.14. The summed E-state index contributed by atoms with van der Waals surface area (Å²) in [5.41, 5.74) is 2.95. The number of ether oxygens (including phenoxy) is 1. The Balaban J connectivity index is 2.83. The summed E-state index contributed by atoms with van der Waals surface area (Å²) in [6, 6.07) is 3.92. The molecule has 0 amide bonds. The normalized spacial score (nSPS) is 12.1. The second-order valence-electron chi connectivity index (χ2n) is 4.75. The first kappa shape index (κ1) is 15.3. The van der Waals surface area contributed by atoms with Crippen LogP contribution in [0.25, 0.3) is 0 Å². The Morgan fingerprint density at radius 3 is 2.32 bits per heavy atom. The molecule has 1 rings (SSSR count). The van der Waals surface area contributed by atoms with Crippen LogP contribution in [-0.4, -0.2) is 43.0 Å². The number of aryl methyl sites for hydroxylation is 2. The summed E-state index contributed by atoms with van der Waals surface area (Å²) >= 11 is 0. The molecule has 0 spiro atoms. The van der Waals surface area contributed by atoms with Crippen molar-refractivity contribution >= 4 is 11.7 Å². The Kier molecular flexibility index (Phi) is 5.18. The standard InChI is InChI=1S/C14H21NO4/c1-9-5-11(6-10(2)14(9)19-4)15(3)8-12(16)7-13(17)18/h5-6,12,16H,7-8H2,1-4H3,(H,17,18). The SMILES string of the molecule is COc1c(C)cc(N(C)CC(O)CC(=O)O)cc1C. The van der Waals surface area contributed by atoms with Gasteiger partial charge in [0.2, 0.25) is 0 Å². The van der Waals surface area contributed by atoms with Gasteiger partial charge in [-0.25, -0.2) is 0 Å². The van der Waals surface area contributed by atoms with E-state index in [1.807, 2.05) is 37.9 Å². The lowest BCUT2D eigenvalue weighted by Gasteiger charge is -2.23. The van der Waals surface area contributed by atoms with Gasteiger partial charge in [-0.05, 0) is 37.1 Å². The van der Waals surface area contributed by atoms with E-state index >= 15 is 0 Å². The zero-order valence-corrected chi connectivity index (χ0v) is 11.8. The Hall–Kier alpha value is -1.75. The molecule has 0 bridgehead atoms. The predicted molar refractivity (Wildman–Crippen MR) is 74.0 cm³/mol. The first-order chi connectivity index (χ1) is 8.85. The van der Waals surface area contributed by atoms with E-state index in [2.05, 4.69) is 0 Å². The molecule has 0 saturated heterocycles. The van der Waals surface area contributed by atoms with Crippen molar-refractivity contribution in [2.24, 2.45) is 0 Å². The molecule has 1 unspecified atom stereocenters. The molecule has 1 aromatic carbocycles. The topological polar surface area (TPSA) is 70.0 Å². The van der Waals surface area contributed by atoms with Gasteiger partial charge in [-0.15, -0.1) is 0 Å². The minimum Gasteiger partial charge on any atom is -0.496 e. The van der Waals surface area contributed by atoms with Crippen LogP contribution in [0.2, 0.25) is 0 Å². The molecular weight excluding hydrogens is 246 g/mol. The molecule has 0 fully saturated rings. The number of hydrogen-bond donors (Lipinski definition) is 2. The average Bonchev–Trinajstić information content (AvgIpc) is 2.26. The molecule has 0 aliphatic heterocycles. The van der Waals surface area contributed by atoms with E-state index in [9.17, 15) is 9.90 Å². The van der Waals surface area contributed by atoms with Crippen LogP contribution in [0.15, 0.2) is 12.1 Å². The van der Waals surface area contributed by atoms with E-state index in [0.717, 1.165) is 22.6 Å². The lowest BCUT2D eigenvalue weighted by molar-refractivity contribution is -0.139. The minimum absolute atomic E-state index is 0.252. The molecule has 106 valence electrons. The third-order valence-electron chi connectivity index (χ3n) is 2.98. The molecule has 0 saturated carbocycles. The first-order valence-electron chi connectivity index (χ1n) is 6.11. The van der Waals surface area contributed by atoms with Crippen molar-refractivity contribution in [1.29, 1.82) is 0 Å². The number of carbonyl (C=O) groups is 1. The highest BCUT2D eigenvalue weighted by molar-refractivity contribution is 5.67. The highest BCUT2D eigenvalue weighted by atomic mass is 16.5. The number of hydrogen-bond acceptors (Lipinski definition) is 4. The van der Waals surface area contributed by atoms with E-state index < -0.39 is 12.1 Å². The van der Waals surface area contributed by atoms with Gasteiger partial charge in [-0.3, -0.25) is 4.79 Å². The van der Waals surface area contributed by atoms with Crippen molar-refractivity contribution in [3.05, 3.63) is 23.3 Å². The van der Waals surface area contributed by atoms with Crippen molar-refractivity contribution in [3.63, 3.8) is 0 Å². The van der Waals surface area contributed by atoms with Crippen LogP contribution in [0.1, 0.15) is 17.5 Å². The van der Waals surface area contributed by atoms with Gasteiger partial charge >= 0.3 is 5.97 Å². The maximum Gasteiger partial charge on any atom is 0.306 e. The van der Waals surface area contributed by atoms with Gasteiger partial charge in [0.15, 0.2) is 0 Å². The molecule has 0 aliphatic carbocycles. The highest BCUT2D eigenvalue weighted by Crippen LogP contribution is 2.28. The predicted octanol–water partition coefficient (Wildman–Crippen LogP) is 1.58. The smallest absolute Gasteiger partial charge is 0.306 e. The number of methoxy groups -OCH3 is 1. The lowest BCUT2D eigenvalue weighted by Crippen LogP contribution is -2.30. The third-order valence-corrected chi connectivity index (χ3v) is 2.98. The molecule has 0 heterocycles. The monoisotopic (exact) mass is 267 g/mol. The van der Waals surface area contributed by atoms with Crippen LogP contribution < -0.4 is 9.64 Å². The quantitative estimate of drug-likeness (QED) is 0.819. The van der Waals surface area contributed by atoms with Gasteiger partial charge in [-0.2, -0.15) is 0 Å². The number of rotatable bonds is 6. The first-order valence-corrected chi connectivity index (χ1v) is 6.11. The molecule has 1 atom stereocenters. The molecule has 1 aromatic rings. The highest BCUT2D eigenvalue weighted by Gasteiger charge is 2.14. The summed E-state index contributed by atoms with van der Waals surface area (Å²) in [4.78, 5) is 12.4.